The molecule has 8 heteroatoms. The van der Waals surface area contributed by atoms with Crippen molar-refractivity contribution in [2.24, 2.45) is 0 Å². The zero-order chi connectivity index (χ0) is 20.5. The summed E-state index contributed by atoms with van der Waals surface area (Å²) in [6, 6.07) is 9.33. The first-order valence-corrected chi connectivity index (χ1v) is 10.4. The van der Waals surface area contributed by atoms with Gasteiger partial charge in [0.2, 0.25) is 0 Å². The second-order valence-corrected chi connectivity index (χ2v) is 8.31. The number of ketones is 1. The lowest BCUT2D eigenvalue weighted by Gasteiger charge is -2.02. The molecule has 0 aliphatic heterocycles. The molecule has 0 saturated carbocycles. The lowest BCUT2D eigenvalue weighted by atomic mass is 10.1. The largest absolute Gasteiger partial charge is 0.507 e. The van der Waals surface area contributed by atoms with Crippen LogP contribution in [0, 0.1) is 13.8 Å². The van der Waals surface area contributed by atoms with Crippen LogP contribution in [0.2, 0.25) is 0 Å². The second kappa shape index (κ2) is 7.73. The van der Waals surface area contributed by atoms with Gasteiger partial charge in [-0.2, -0.15) is 0 Å². The SMILES string of the molecule is Cc1ccc(Sc2nc3sccn3c2C=CC(=O)c2c(O)cc(C)oc2=O)cc1. The maximum absolute atomic E-state index is 12.5. The van der Waals surface area contributed by atoms with Crippen LogP contribution in [-0.2, 0) is 0 Å². The fourth-order valence-corrected chi connectivity index (χ4v) is 4.47. The van der Waals surface area contributed by atoms with Gasteiger partial charge in [-0.25, -0.2) is 9.78 Å². The van der Waals surface area contributed by atoms with Crippen LogP contribution in [0.3, 0.4) is 0 Å². The average Bonchev–Trinajstić information content (AvgIpc) is 3.22. The number of fused-ring (bicyclic) bond motifs is 1. The van der Waals surface area contributed by atoms with Gasteiger partial charge in [0.05, 0.1) is 5.69 Å². The van der Waals surface area contributed by atoms with Crippen LogP contribution < -0.4 is 5.63 Å². The molecule has 0 saturated heterocycles. The summed E-state index contributed by atoms with van der Waals surface area (Å²) in [4.78, 5) is 31.0. The minimum Gasteiger partial charge on any atom is -0.507 e. The van der Waals surface area contributed by atoms with E-state index in [1.165, 1.54) is 47.7 Å². The van der Waals surface area contributed by atoms with Crippen LogP contribution in [-0.4, -0.2) is 20.3 Å². The number of aromatic nitrogens is 2. The Bertz CT molecular complexity index is 1300. The first kappa shape index (κ1) is 19.2. The molecule has 0 aliphatic rings. The molecule has 146 valence electrons. The smallest absolute Gasteiger partial charge is 0.351 e. The minimum absolute atomic E-state index is 0.237. The van der Waals surface area contributed by atoms with E-state index in [4.69, 9.17) is 4.42 Å². The predicted octanol–water partition coefficient (Wildman–Crippen LogP) is 4.72. The number of allylic oxidation sites excluding steroid dienone is 1. The highest BCUT2D eigenvalue weighted by molar-refractivity contribution is 7.99. The summed E-state index contributed by atoms with van der Waals surface area (Å²) in [5.41, 5.74) is 0.643. The van der Waals surface area contributed by atoms with Crippen molar-refractivity contribution < 1.29 is 14.3 Å². The normalized spacial score (nSPS) is 11.5. The van der Waals surface area contributed by atoms with Crippen molar-refractivity contribution in [3.63, 3.8) is 0 Å². The summed E-state index contributed by atoms with van der Waals surface area (Å²) in [6.45, 7) is 3.55. The van der Waals surface area contributed by atoms with Crippen molar-refractivity contribution in [2.45, 2.75) is 23.8 Å². The number of aryl methyl sites for hydroxylation is 2. The Hall–Kier alpha value is -3.10. The zero-order valence-corrected chi connectivity index (χ0v) is 17.2. The average molecular weight is 425 g/mol. The van der Waals surface area contributed by atoms with Gasteiger partial charge in [0, 0.05) is 22.5 Å². The van der Waals surface area contributed by atoms with E-state index in [1.807, 2.05) is 47.2 Å². The molecule has 4 rings (SSSR count). The van der Waals surface area contributed by atoms with Gasteiger partial charge in [-0.05, 0) is 38.1 Å². The highest BCUT2D eigenvalue weighted by Gasteiger charge is 2.17. The van der Waals surface area contributed by atoms with E-state index in [9.17, 15) is 14.7 Å². The van der Waals surface area contributed by atoms with Crippen molar-refractivity contribution in [2.75, 3.05) is 0 Å². The summed E-state index contributed by atoms with van der Waals surface area (Å²) in [7, 11) is 0. The number of carbonyl (C=O) groups excluding carboxylic acids is 1. The summed E-state index contributed by atoms with van der Waals surface area (Å²) in [6.07, 6.45) is 4.72. The molecule has 0 radical (unpaired) electrons. The Morgan fingerprint density at radius 2 is 2.03 bits per heavy atom. The van der Waals surface area contributed by atoms with Gasteiger partial charge in [-0.15, -0.1) is 11.3 Å². The third-order valence-corrected chi connectivity index (χ3v) is 5.95. The zero-order valence-electron chi connectivity index (χ0n) is 15.6. The molecule has 0 unspecified atom stereocenters. The number of nitrogens with zero attached hydrogens (tertiary/aromatic N) is 2. The standard InChI is InChI=1S/C21H16N2O4S2/c1-12-3-5-14(6-4-12)29-19-15(23-9-10-28-21(23)22-19)7-8-16(24)18-17(25)11-13(2)27-20(18)26/h3-11,25H,1-2H3. The molecule has 1 aromatic carbocycles. The number of hydrogen-bond acceptors (Lipinski definition) is 7. The number of thiazole rings is 1. The van der Waals surface area contributed by atoms with Crippen molar-refractivity contribution in [3.05, 3.63) is 81.0 Å². The Morgan fingerprint density at radius 1 is 1.28 bits per heavy atom. The highest BCUT2D eigenvalue weighted by Crippen LogP contribution is 2.32. The van der Waals surface area contributed by atoms with Crippen molar-refractivity contribution in [1.29, 1.82) is 0 Å². The van der Waals surface area contributed by atoms with Crippen LogP contribution in [0.1, 0.15) is 27.4 Å². The third kappa shape index (κ3) is 3.90. The lowest BCUT2D eigenvalue weighted by Crippen LogP contribution is -2.13. The van der Waals surface area contributed by atoms with E-state index in [0.29, 0.717) is 0 Å². The van der Waals surface area contributed by atoms with Crippen LogP contribution in [0.4, 0.5) is 0 Å². The molecule has 0 aliphatic carbocycles. The number of carbonyl (C=O) groups is 1. The van der Waals surface area contributed by atoms with Gasteiger partial charge < -0.3 is 9.52 Å². The molecule has 0 fully saturated rings. The number of benzene rings is 1. The van der Waals surface area contributed by atoms with E-state index in [1.54, 1.807) is 6.08 Å². The molecule has 0 bridgehead atoms. The highest BCUT2D eigenvalue weighted by atomic mass is 32.2. The lowest BCUT2D eigenvalue weighted by molar-refractivity contribution is 0.104. The van der Waals surface area contributed by atoms with Gasteiger partial charge >= 0.3 is 5.63 Å². The maximum atomic E-state index is 12.5. The van der Waals surface area contributed by atoms with E-state index >= 15 is 0 Å². The first-order valence-electron chi connectivity index (χ1n) is 8.68. The van der Waals surface area contributed by atoms with E-state index in [2.05, 4.69) is 4.98 Å². The van der Waals surface area contributed by atoms with Gasteiger partial charge in [-0.1, -0.05) is 29.5 Å². The molecule has 3 heterocycles. The molecule has 0 atom stereocenters. The molecular formula is C21H16N2O4S2. The minimum atomic E-state index is -0.861. The van der Waals surface area contributed by atoms with Gasteiger partial charge in [0.25, 0.3) is 0 Å². The van der Waals surface area contributed by atoms with Gasteiger partial charge in [0.1, 0.15) is 22.1 Å². The van der Waals surface area contributed by atoms with Crippen molar-refractivity contribution >= 4 is 39.9 Å². The quantitative estimate of drug-likeness (QED) is 0.369. The monoisotopic (exact) mass is 424 g/mol. The number of rotatable bonds is 5. The fraction of sp³-hybridized carbons (Fsp3) is 0.0952. The van der Waals surface area contributed by atoms with Gasteiger partial charge in [0.15, 0.2) is 10.7 Å². The van der Waals surface area contributed by atoms with E-state index in [-0.39, 0.29) is 11.3 Å². The van der Waals surface area contributed by atoms with Crippen molar-refractivity contribution in [1.82, 2.24) is 9.38 Å². The number of aromatic hydroxyl groups is 1. The topological polar surface area (TPSA) is 84.8 Å². The number of hydrogen-bond donors (Lipinski definition) is 1. The van der Waals surface area contributed by atoms with Crippen molar-refractivity contribution in [3.8, 4) is 5.75 Å². The Morgan fingerprint density at radius 3 is 2.76 bits per heavy atom. The molecular weight excluding hydrogens is 408 g/mol. The summed E-state index contributed by atoms with van der Waals surface area (Å²) in [5.74, 6) is -0.787. The number of imidazole rings is 1. The predicted molar refractivity (Wildman–Crippen MR) is 113 cm³/mol. The molecule has 6 nitrogen and oxygen atoms in total. The fourth-order valence-electron chi connectivity index (χ4n) is 2.79. The summed E-state index contributed by atoms with van der Waals surface area (Å²) >= 11 is 2.98. The van der Waals surface area contributed by atoms with Crippen LogP contribution in [0.25, 0.3) is 11.0 Å². The second-order valence-electron chi connectivity index (χ2n) is 6.38. The summed E-state index contributed by atoms with van der Waals surface area (Å²) in [5, 5.41) is 12.6. The third-order valence-electron chi connectivity index (χ3n) is 4.19. The van der Waals surface area contributed by atoms with E-state index < -0.39 is 17.2 Å². The molecule has 0 amide bonds. The molecule has 4 aromatic rings. The Balaban J connectivity index is 1.70. The molecule has 1 N–H and O–H groups in total. The van der Waals surface area contributed by atoms with E-state index in [0.717, 1.165) is 20.6 Å². The Kier molecular flexibility index (Phi) is 5.12. The van der Waals surface area contributed by atoms with Crippen LogP contribution >= 0.6 is 23.1 Å². The Labute approximate surface area is 174 Å². The molecule has 3 aromatic heterocycles. The molecule has 0 spiro atoms. The van der Waals surface area contributed by atoms with Gasteiger partial charge in [-0.3, -0.25) is 9.20 Å². The first-order chi connectivity index (χ1) is 13.9. The maximum Gasteiger partial charge on any atom is 0.351 e. The molecule has 29 heavy (non-hydrogen) atoms. The van der Waals surface area contributed by atoms with Crippen LogP contribution in [0.15, 0.2) is 67.1 Å². The van der Waals surface area contributed by atoms with Crippen LogP contribution in [0.5, 0.6) is 5.75 Å². The summed E-state index contributed by atoms with van der Waals surface area (Å²) < 4.78 is 6.80.